The van der Waals surface area contributed by atoms with Crippen LogP contribution in [0.5, 0.6) is 0 Å². The van der Waals surface area contributed by atoms with Crippen molar-refractivity contribution in [1.29, 1.82) is 0 Å². The van der Waals surface area contributed by atoms with E-state index in [1.54, 1.807) is 38.2 Å². The molecule has 0 unspecified atom stereocenters. The predicted octanol–water partition coefficient (Wildman–Crippen LogP) is 5.70. The fourth-order valence-corrected chi connectivity index (χ4v) is 8.78. The molecular weight excluding hydrogens is 1070 g/mol. The molecule has 2 aliphatic carbocycles. The molecular formula is C58H79N13O12. The van der Waals surface area contributed by atoms with E-state index in [2.05, 4.69) is 30.6 Å². The minimum Gasteiger partial charge on any atom is -0.478 e. The first-order valence-corrected chi connectivity index (χ1v) is 27.8. The summed E-state index contributed by atoms with van der Waals surface area (Å²) in [5, 5.41) is 14.7. The van der Waals surface area contributed by atoms with Crippen molar-refractivity contribution in [3.63, 3.8) is 0 Å². The molecule has 0 aromatic carbocycles. The molecule has 3 amide bonds. The SMILES string of the molecule is CCCn1c(NC(=O)c2ccc(N(CCOC)C(=O)C(C)(C)C)nc2)c(N)c(=O)n(C2CC2)c1=O.CCCn1c2c(c(=O)n(C3CC3)c1=O)CC(c1ccc(NCCOC)nc1)=N2.COCCN(C(=O)C(C)(C)C)c1ccc(C(=O)O)cn1. The Morgan fingerprint density at radius 1 is 0.675 bits per heavy atom. The Balaban J connectivity index is 0.000000208. The van der Waals surface area contributed by atoms with Gasteiger partial charge in [0.1, 0.15) is 34.8 Å². The highest BCUT2D eigenvalue weighted by Gasteiger charge is 2.35. The number of ether oxygens (including phenoxy) is 3. The minimum atomic E-state index is -1.05. The van der Waals surface area contributed by atoms with Crippen molar-refractivity contribution in [2.24, 2.45) is 15.8 Å². The number of anilines is 5. The van der Waals surface area contributed by atoms with Gasteiger partial charge in [-0.1, -0.05) is 55.4 Å². The number of nitrogens with one attached hydrogen (secondary N) is 2. The Hall–Kier alpha value is -8.16. The van der Waals surface area contributed by atoms with E-state index in [-0.39, 0.29) is 57.8 Å². The number of aromatic carboxylic acids is 1. The Kier molecular flexibility index (Phi) is 21.8. The van der Waals surface area contributed by atoms with E-state index in [1.165, 1.54) is 54.1 Å². The second-order valence-electron chi connectivity index (χ2n) is 22.3. The van der Waals surface area contributed by atoms with E-state index in [0.717, 1.165) is 49.2 Å². The summed E-state index contributed by atoms with van der Waals surface area (Å²) in [7, 11) is 4.76. The molecule has 5 aromatic heterocycles. The average Bonchev–Trinajstić information content (AvgIpc) is 2.71. The number of aromatic nitrogens is 7. The number of carbonyl (C=O) groups excluding carboxylic acids is 3. The summed E-state index contributed by atoms with van der Waals surface area (Å²) in [6, 6.07) is 9.80. The van der Waals surface area contributed by atoms with Gasteiger partial charge in [0.05, 0.1) is 55.3 Å². The van der Waals surface area contributed by atoms with Gasteiger partial charge in [0.15, 0.2) is 0 Å². The molecule has 448 valence electrons. The van der Waals surface area contributed by atoms with Gasteiger partial charge in [0, 0.05) is 94.5 Å². The number of nitrogens with zero attached hydrogens (tertiary/aromatic N) is 10. The third kappa shape index (κ3) is 15.9. The molecule has 0 saturated heterocycles. The number of carboxylic acids is 1. The highest BCUT2D eigenvalue weighted by molar-refractivity contribution is 6.06. The number of hydrogen-bond donors (Lipinski definition) is 4. The maximum Gasteiger partial charge on any atom is 0.337 e. The Morgan fingerprint density at radius 3 is 1.63 bits per heavy atom. The van der Waals surface area contributed by atoms with Crippen molar-refractivity contribution in [2.75, 3.05) is 87.0 Å². The fraction of sp³-hybridized carbons (Fsp3) is 0.517. The molecule has 2 saturated carbocycles. The average molecular weight is 1150 g/mol. The summed E-state index contributed by atoms with van der Waals surface area (Å²) in [6.07, 6.45) is 9.49. The van der Waals surface area contributed by atoms with Crippen LogP contribution in [0.25, 0.3) is 0 Å². The first-order chi connectivity index (χ1) is 39.4. The molecule has 3 aliphatic rings. The maximum atomic E-state index is 13.0. The van der Waals surface area contributed by atoms with Crippen molar-refractivity contribution in [3.05, 3.63) is 119 Å². The summed E-state index contributed by atoms with van der Waals surface area (Å²) >= 11 is 0. The van der Waals surface area contributed by atoms with Gasteiger partial charge in [0.25, 0.3) is 17.0 Å². The number of pyridine rings is 3. The quantitative estimate of drug-likeness (QED) is 0.0604. The van der Waals surface area contributed by atoms with Crippen LogP contribution in [-0.4, -0.2) is 129 Å². The van der Waals surface area contributed by atoms with Crippen LogP contribution in [0.2, 0.25) is 0 Å². The maximum absolute atomic E-state index is 13.0. The summed E-state index contributed by atoms with van der Waals surface area (Å²) in [5.74, 6) is 0.222. The molecule has 0 atom stereocenters. The lowest BCUT2D eigenvalue weighted by molar-refractivity contribution is -0.126. The van der Waals surface area contributed by atoms with Crippen LogP contribution < -0.4 is 48.7 Å². The largest absolute Gasteiger partial charge is 0.478 e. The van der Waals surface area contributed by atoms with Crippen molar-refractivity contribution in [3.8, 4) is 0 Å². The number of nitrogen functional groups attached to an aromatic ring is 1. The van der Waals surface area contributed by atoms with E-state index >= 15 is 0 Å². The zero-order valence-electron chi connectivity index (χ0n) is 49.4. The topological polar surface area (TPSA) is 312 Å². The third-order valence-electron chi connectivity index (χ3n) is 13.5. The van der Waals surface area contributed by atoms with E-state index in [4.69, 9.17) is 25.1 Å². The number of nitrogens with two attached hydrogens (primary N) is 1. The molecule has 0 bridgehead atoms. The van der Waals surface area contributed by atoms with Crippen LogP contribution in [0.3, 0.4) is 0 Å². The van der Waals surface area contributed by atoms with E-state index < -0.39 is 34.0 Å². The smallest absolute Gasteiger partial charge is 0.337 e. The monoisotopic (exact) mass is 1150 g/mol. The molecule has 5 N–H and O–H groups in total. The minimum absolute atomic E-state index is 0.0162. The highest BCUT2D eigenvalue weighted by Crippen LogP contribution is 2.35. The van der Waals surface area contributed by atoms with Crippen molar-refractivity contribution >= 4 is 64.2 Å². The molecule has 2 fully saturated rings. The molecule has 0 radical (unpaired) electrons. The zero-order valence-corrected chi connectivity index (χ0v) is 49.4. The first-order valence-electron chi connectivity index (χ1n) is 27.8. The number of amides is 3. The summed E-state index contributed by atoms with van der Waals surface area (Å²) in [5.41, 5.74) is 5.77. The lowest BCUT2D eigenvalue weighted by Gasteiger charge is -2.28. The number of carboxylic acid groups (broad SMARTS) is 1. The van der Waals surface area contributed by atoms with Gasteiger partial charge >= 0.3 is 17.3 Å². The lowest BCUT2D eigenvalue weighted by atomic mass is 9.94. The van der Waals surface area contributed by atoms with Crippen LogP contribution in [0.4, 0.5) is 34.8 Å². The van der Waals surface area contributed by atoms with Crippen LogP contribution in [0.1, 0.15) is 138 Å². The fourth-order valence-electron chi connectivity index (χ4n) is 8.78. The molecule has 0 spiro atoms. The normalized spacial score (nSPS) is 13.6. The standard InChI is InChI=1S/C24H34N6O5.C20H25N5O3.C14H20N2O4/c1-6-11-29-19(18(25)21(32)30(23(29)34)16-8-9-16)27-20(31)15-7-10-17(26-14-15)28(12-13-35-5)22(33)24(2,3)4;1-3-9-24-18-15(19(26)25(20(24)27)14-5-6-14)11-16(23-18)13-4-7-17(22-12-13)21-8-10-28-2;1-14(2,3)13(19)16(7-8-20-4)11-6-5-10(9-15-11)12(17)18/h7,10,14,16H,6,8-9,11-13,25H2,1-5H3,(H,27,31);4,7,12,14H,3,5-6,8-11H2,1-2H3,(H,21,22);5-6,9H,7-8H2,1-4H3,(H,17,18). The number of hydrogen-bond acceptors (Lipinski definition) is 17. The van der Waals surface area contributed by atoms with Crippen molar-refractivity contribution in [2.45, 2.75) is 126 Å². The van der Waals surface area contributed by atoms with Gasteiger partial charge in [-0.2, -0.15) is 0 Å². The number of rotatable bonds is 22. The molecule has 1 aliphatic heterocycles. The molecule has 8 rings (SSSR count). The van der Waals surface area contributed by atoms with E-state index in [1.807, 2.05) is 67.5 Å². The second kappa shape index (κ2) is 28.2. The second-order valence-corrected chi connectivity index (χ2v) is 22.3. The molecule has 83 heavy (non-hydrogen) atoms. The Bertz CT molecular complexity index is 3380. The van der Waals surface area contributed by atoms with E-state index in [9.17, 15) is 38.4 Å². The van der Waals surface area contributed by atoms with Crippen LogP contribution >= 0.6 is 0 Å². The van der Waals surface area contributed by atoms with Gasteiger partial charge in [-0.25, -0.2) is 34.3 Å². The zero-order chi connectivity index (χ0) is 60.9. The molecule has 25 nitrogen and oxygen atoms in total. The van der Waals surface area contributed by atoms with Gasteiger partial charge in [-0.05, 0) is 74.9 Å². The van der Waals surface area contributed by atoms with Crippen molar-refractivity contribution in [1.82, 2.24) is 33.2 Å². The first kappa shape index (κ1) is 64.0. The molecule has 5 aromatic rings. The lowest BCUT2D eigenvalue weighted by Crippen LogP contribution is -2.42. The Labute approximate surface area is 481 Å². The van der Waals surface area contributed by atoms with Gasteiger partial charge in [-0.3, -0.25) is 52.0 Å². The van der Waals surface area contributed by atoms with Gasteiger partial charge in [0.2, 0.25) is 11.8 Å². The third-order valence-corrected chi connectivity index (χ3v) is 13.5. The molecule has 6 heterocycles. The number of fused-ring (bicyclic) bond motifs is 1. The summed E-state index contributed by atoms with van der Waals surface area (Å²) in [4.78, 5) is 121. The number of carbonyl (C=O) groups is 4. The van der Waals surface area contributed by atoms with Gasteiger partial charge < -0.3 is 35.7 Å². The number of aliphatic imine (C=N–C) groups is 1. The van der Waals surface area contributed by atoms with Gasteiger partial charge in [-0.15, -0.1) is 0 Å². The van der Waals surface area contributed by atoms with Crippen LogP contribution in [0, 0.1) is 10.8 Å². The summed E-state index contributed by atoms with van der Waals surface area (Å²) < 4.78 is 20.8. The molecule has 25 heteroatoms. The van der Waals surface area contributed by atoms with Crippen molar-refractivity contribution < 1.29 is 38.5 Å². The Morgan fingerprint density at radius 2 is 1.18 bits per heavy atom. The highest BCUT2D eigenvalue weighted by atomic mass is 16.5. The predicted molar refractivity (Wildman–Crippen MR) is 317 cm³/mol. The van der Waals surface area contributed by atoms with Crippen LogP contribution in [0.15, 0.2) is 79.2 Å². The number of methoxy groups -OCH3 is 3. The summed E-state index contributed by atoms with van der Waals surface area (Å²) in [6.45, 7) is 18.3. The van der Waals surface area contributed by atoms with E-state index in [0.29, 0.717) is 88.4 Å². The van der Waals surface area contributed by atoms with Crippen LogP contribution in [-0.2, 0) is 43.3 Å².